The van der Waals surface area contributed by atoms with E-state index < -0.39 is 0 Å². The number of phenolic OH excluding ortho intramolecular Hbond substituents is 2. The highest BCUT2D eigenvalue weighted by Crippen LogP contribution is 2.38. The maximum Gasteiger partial charge on any atom is 0.247 e. The highest BCUT2D eigenvalue weighted by molar-refractivity contribution is 9.11. The zero-order valence-corrected chi connectivity index (χ0v) is 28.4. The van der Waals surface area contributed by atoms with Crippen LogP contribution >= 0.6 is 31.9 Å². The summed E-state index contributed by atoms with van der Waals surface area (Å²) in [4.78, 5) is 24.3. The molecule has 0 saturated heterocycles. The van der Waals surface area contributed by atoms with E-state index in [0.717, 1.165) is 17.1 Å². The SMILES string of the molecule is COc1cc(/C=C/c2cnc(N=Nc3ccc[nH]3)[nH]2)cc(Br)c1O.COc1cc(N=Nc2cnc(/C=C/c3ncc[nH]3)[nH]2)cc(Br)c1O. The fourth-order valence-corrected chi connectivity index (χ4v) is 4.74. The van der Waals surface area contributed by atoms with Gasteiger partial charge in [0.1, 0.15) is 11.6 Å². The molecular formula is C31H27Br2N11O4. The highest BCUT2D eigenvalue weighted by Gasteiger charge is 2.09. The van der Waals surface area contributed by atoms with E-state index in [-0.39, 0.29) is 11.5 Å². The van der Waals surface area contributed by atoms with Gasteiger partial charge in [0.2, 0.25) is 5.95 Å². The number of hydrogen-bond acceptors (Lipinski definition) is 11. The molecule has 0 atom stereocenters. The number of imidazole rings is 3. The lowest BCUT2D eigenvalue weighted by molar-refractivity contribution is 0.372. The molecule has 6 N–H and O–H groups in total. The van der Waals surface area contributed by atoms with E-state index in [9.17, 15) is 10.2 Å². The fraction of sp³-hybridized carbons (Fsp3) is 0.0645. The van der Waals surface area contributed by atoms with Gasteiger partial charge in [-0.3, -0.25) is 0 Å². The molecule has 0 aliphatic carbocycles. The fourth-order valence-electron chi connectivity index (χ4n) is 3.85. The van der Waals surface area contributed by atoms with Crippen LogP contribution in [0.5, 0.6) is 23.0 Å². The van der Waals surface area contributed by atoms with Gasteiger partial charge >= 0.3 is 0 Å². The van der Waals surface area contributed by atoms with E-state index in [2.05, 4.69) is 87.2 Å². The van der Waals surface area contributed by atoms with Gasteiger partial charge in [0.15, 0.2) is 34.6 Å². The van der Waals surface area contributed by atoms with Crippen molar-refractivity contribution in [1.29, 1.82) is 0 Å². The van der Waals surface area contributed by atoms with E-state index in [1.165, 1.54) is 14.2 Å². The molecule has 0 radical (unpaired) electrons. The average molecular weight is 777 g/mol. The molecule has 6 rings (SSSR count). The van der Waals surface area contributed by atoms with Gasteiger partial charge in [-0.15, -0.1) is 20.5 Å². The molecular weight excluding hydrogens is 750 g/mol. The van der Waals surface area contributed by atoms with Crippen molar-refractivity contribution in [3.05, 3.63) is 99.2 Å². The first-order valence-corrected chi connectivity index (χ1v) is 15.4. The predicted molar refractivity (Wildman–Crippen MR) is 187 cm³/mol. The number of methoxy groups -OCH3 is 2. The van der Waals surface area contributed by atoms with Gasteiger partial charge in [0.25, 0.3) is 0 Å². The number of rotatable bonds is 10. The quantitative estimate of drug-likeness (QED) is 0.0743. The average Bonchev–Trinajstić information content (AvgIpc) is 3.93. The largest absolute Gasteiger partial charge is 0.503 e. The lowest BCUT2D eigenvalue weighted by atomic mass is 10.2. The summed E-state index contributed by atoms with van der Waals surface area (Å²) in [5, 5.41) is 35.8. The predicted octanol–water partition coefficient (Wildman–Crippen LogP) is 9.00. The summed E-state index contributed by atoms with van der Waals surface area (Å²) in [6.45, 7) is 0. The molecule has 0 aliphatic heterocycles. The standard InChI is InChI=1S/C16H14BrN5O2.C15H13BrN6O2/c1-24-13-8-10(7-12(17)15(13)23)4-5-11-9-19-16(20-11)22-21-14-3-2-6-18-14;1-24-11-7-9(6-10(16)15(11)23)21-22-14-8-19-13(20-14)3-2-12-17-4-5-18-12/h2-9,18,23H,1H3,(H,19,20);2-8,23H,1H3,(H,17,18)(H,19,20)/b5-4+,22-21?;3-2+,22-21?. The first kappa shape index (κ1) is 33.6. The normalized spacial score (nSPS) is 11.6. The highest BCUT2D eigenvalue weighted by atomic mass is 79.9. The van der Waals surface area contributed by atoms with E-state index >= 15 is 0 Å². The van der Waals surface area contributed by atoms with Crippen LogP contribution in [0, 0.1) is 0 Å². The van der Waals surface area contributed by atoms with Crippen molar-refractivity contribution in [2.24, 2.45) is 20.5 Å². The Hall–Kier alpha value is -5.81. The van der Waals surface area contributed by atoms with Gasteiger partial charge in [-0.25, -0.2) is 15.0 Å². The summed E-state index contributed by atoms with van der Waals surface area (Å²) < 4.78 is 11.2. The van der Waals surface area contributed by atoms with Gasteiger partial charge in [-0.1, -0.05) is 6.08 Å². The molecule has 244 valence electrons. The second-order valence-electron chi connectivity index (χ2n) is 9.44. The van der Waals surface area contributed by atoms with Crippen LogP contribution in [0.25, 0.3) is 24.3 Å². The summed E-state index contributed by atoms with van der Waals surface area (Å²) >= 11 is 6.53. The molecule has 4 aromatic heterocycles. The molecule has 0 unspecified atom stereocenters. The maximum absolute atomic E-state index is 9.81. The Morgan fingerprint density at radius 1 is 0.708 bits per heavy atom. The minimum Gasteiger partial charge on any atom is -0.503 e. The molecule has 4 heterocycles. The first-order valence-electron chi connectivity index (χ1n) is 13.9. The molecule has 17 heteroatoms. The van der Waals surface area contributed by atoms with Crippen molar-refractivity contribution >= 4 is 79.4 Å². The Kier molecular flexibility index (Phi) is 11.3. The molecule has 0 fully saturated rings. The van der Waals surface area contributed by atoms with Crippen LogP contribution in [0.1, 0.15) is 22.9 Å². The molecule has 2 aromatic carbocycles. The number of aromatic nitrogens is 7. The van der Waals surface area contributed by atoms with Crippen LogP contribution in [0.3, 0.4) is 0 Å². The molecule has 48 heavy (non-hydrogen) atoms. The van der Waals surface area contributed by atoms with Gasteiger partial charge in [0, 0.05) is 24.7 Å². The summed E-state index contributed by atoms with van der Waals surface area (Å²) in [5.41, 5.74) is 2.16. The third-order valence-electron chi connectivity index (χ3n) is 6.15. The summed E-state index contributed by atoms with van der Waals surface area (Å²) in [7, 11) is 2.97. The Balaban J connectivity index is 0.000000188. The summed E-state index contributed by atoms with van der Waals surface area (Å²) in [5.74, 6) is 3.72. The van der Waals surface area contributed by atoms with Crippen LogP contribution in [0.2, 0.25) is 0 Å². The second kappa shape index (κ2) is 16.1. The number of azo groups is 2. The van der Waals surface area contributed by atoms with Crippen LogP contribution in [0.4, 0.5) is 23.3 Å². The zero-order valence-electron chi connectivity index (χ0n) is 25.3. The number of nitrogens with one attached hydrogen (secondary N) is 4. The first-order chi connectivity index (χ1) is 23.3. The molecule has 0 bridgehead atoms. The summed E-state index contributed by atoms with van der Waals surface area (Å²) in [6, 6.07) is 10.4. The third-order valence-corrected chi connectivity index (χ3v) is 7.36. The van der Waals surface area contributed by atoms with Crippen LogP contribution < -0.4 is 9.47 Å². The monoisotopic (exact) mass is 775 g/mol. The Morgan fingerprint density at radius 3 is 2.19 bits per heavy atom. The van der Waals surface area contributed by atoms with Crippen LogP contribution in [-0.4, -0.2) is 59.3 Å². The van der Waals surface area contributed by atoms with Gasteiger partial charge in [-0.05, 0) is 86.0 Å². The molecule has 0 spiro atoms. The van der Waals surface area contributed by atoms with Gasteiger partial charge in [0.05, 0.1) is 46.9 Å². The van der Waals surface area contributed by atoms with E-state index in [1.807, 2.05) is 24.3 Å². The number of hydrogen-bond donors (Lipinski definition) is 6. The number of phenols is 2. The molecule has 0 aliphatic rings. The van der Waals surface area contributed by atoms with Crippen molar-refractivity contribution in [3.8, 4) is 23.0 Å². The van der Waals surface area contributed by atoms with Gasteiger partial charge < -0.3 is 39.6 Å². The Morgan fingerprint density at radius 2 is 1.46 bits per heavy atom. The van der Waals surface area contributed by atoms with Crippen molar-refractivity contribution in [1.82, 2.24) is 34.9 Å². The molecule has 0 saturated carbocycles. The Labute approximate surface area is 289 Å². The van der Waals surface area contributed by atoms with Crippen LogP contribution in [-0.2, 0) is 0 Å². The molecule has 6 aromatic rings. The van der Waals surface area contributed by atoms with Crippen molar-refractivity contribution in [3.63, 3.8) is 0 Å². The van der Waals surface area contributed by atoms with E-state index in [4.69, 9.17) is 9.47 Å². The maximum atomic E-state index is 9.81. The van der Waals surface area contributed by atoms with E-state index in [0.29, 0.717) is 49.5 Å². The van der Waals surface area contributed by atoms with Gasteiger partial charge in [-0.2, -0.15) is 0 Å². The zero-order chi connectivity index (χ0) is 33.9. The topological polar surface area (TPSA) is 210 Å². The minimum atomic E-state index is 0.0170. The molecule has 15 nitrogen and oxygen atoms in total. The lowest BCUT2D eigenvalue weighted by Gasteiger charge is -2.06. The third kappa shape index (κ3) is 9.14. The Bertz CT molecular complexity index is 1920. The molecule has 0 amide bonds. The smallest absolute Gasteiger partial charge is 0.247 e. The number of nitrogens with zero attached hydrogens (tertiary/aromatic N) is 7. The minimum absolute atomic E-state index is 0.0170. The van der Waals surface area contributed by atoms with Crippen molar-refractivity contribution in [2.75, 3.05) is 14.2 Å². The lowest BCUT2D eigenvalue weighted by Crippen LogP contribution is -1.85. The number of aromatic amines is 4. The van der Waals surface area contributed by atoms with E-state index in [1.54, 1.807) is 67.4 Å². The van der Waals surface area contributed by atoms with Crippen molar-refractivity contribution < 1.29 is 19.7 Å². The summed E-state index contributed by atoms with van der Waals surface area (Å²) in [6.07, 6.45) is 15.7. The number of halogens is 2. The van der Waals surface area contributed by atoms with Crippen molar-refractivity contribution in [2.45, 2.75) is 0 Å². The number of aromatic hydroxyl groups is 2. The number of benzene rings is 2. The second-order valence-corrected chi connectivity index (χ2v) is 11.2. The number of H-pyrrole nitrogens is 4. The number of ether oxygens (including phenoxy) is 2. The van der Waals surface area contributed by atoms with Crippen LogP contribution in [0.15, 0.2) is 96.8 Å².